The number of hydrogen-bond acceptors (Lipinski definition) is 29. The molecule has 0 aliphatic heterocycles. The van der Waals surface area contributed by atoms with Crippen LogP contribution in [0.3, 0.4) is 0 Å². The van der Waals surface area contributed by atoms with Crippen LogP contribution in [0.1, 0.15) is 185 Å². The minimum Gasteiger partial charge on any atom is -0.460 e. The summed E-state index contributed by atoms with van der Waals surface area (Å²) < 4.78 is 76.7. The van der Waals surface area contributed by atoms with Gasteiger partial charge in [-0.25, -0.2) is 14.4 Å². The summed E-state index contributed by atoms with van der Waals surface area (Å²) in [6.07, 6.45) is -0.0285. The molecule has 0 aromatic heterocycles. The number of esters is 3. The standard InChI is InChI=1S/C104H152N12O29/c1-77(103(2,3)4)68-83(113-102(131)145-104(5,6)7)69-82-38-39-87(144-95(124)37-25-47-112-99(128)85(116-101(130)143-76-81-32-18-11-19-33-81)35-21-23-45-106-89(118)41-53-133-61-65-137-57-49-108-91(120)43-55-135-63-67-139-59-51-110-94(123)72-97(126)141-74-79-28-14-9-15-29-79)86(70-82)114-92(121)36-24-46-111-98(127)84(115-100(129)142-75-80-30-16-10-17-31-80)34-20-22-44-105-88(117)40-52-132-60-64-136-56-48-107-90(119)42-54-134-62-66-138-58-50-109-93(122)71-96(125)140-73-78-26-12-8-13-27-78/h8-19,26-33,38-39,70,77,83-85H,20-25,34-37,40-69,71-76H2,1-7H3,(H,105,117)(H,106,118)(H,107,119)(H,108,120)(H,109,122)(H,110,123)(H,111,127)(H,112,128)(H,113,131)(H,114,121)(H,115,129)(H,116,130)/t77?,83-,84+,85+/m1/s1. The molecule has 0 heterocycles. The Bertz CT molecular complexity index is 4610. The second kappa shape index (κ2) is 75.0. The van der Waals surface area contributed by atoms with Gasteiger partial charge in [-0.15, -0.1) is 0 Å². The Balaban J connectivity index is 1.01. The molecule has 12 N–H and O–H groups in total. The van der Waals surface area contributed by atoms with Gasteiger partial charge in [0.25, 0.3) is 0 Å². The molecular weight excluding hydrogens is 1880 g/mol. The second-order valence-electron chi connectivity index (χ2n) is 35.8. The summed E-state index contributed by atoms with van der Waals surface area (Å²) in [5.74, 6) is -5.41. The number of ether oxygens (including phenoxy) is 14. The third-order valence-electron chi connectivity index (χ3n) is 21.5. The Kier molecular flexibility index (Phi) is 63.5. The highest BCUT2D eigenvalue weighted by Gasteiger charge is 2.29. The van der Waals surface area contributed by atoms with Crippen LogP contribution in [0, 0.1) is 11.3 Å². The summed E-state index contributed by atoms with van der Waals surface area (Å²) in [6, 6.07) is 38.5. The van der Waals surface area contributed by atoms with Crippen LogP contribution in [0.4, 0.5) is 20.1 Å². The van der Waals surface area contributed by atoms with E-state index in [1.54, 1.807) is 81.4 Å². The lowest BCUT2D eigenvalue weighted by Crippen LogP contribution is -2.47. The largest absolute Gasteiger partial charge is 0.460 e. The summed E-state index contributed by atoms with van der Waals surface area (Å²) in [5.41, 5.74) is 2.94. The molecule has 145 heavy (non-hydrogen) atoms. The fourth-order valence-electron chi connectivity index (χ4n) is 13.2. The van der Waals surface area contributed by atoms with Gasteiger partial charge in [-0.3, -0.25) is 57.5 Å². The predicted molar refractivity (Wildman–Crippen MR) is 535 cm³/mol. The first-order valence-electron chi connectivity index (χ1n) is 49.6. The molecule has 802 valence electrons. The molecule has 0 radical (unpaired) electrons. The van der Waals surface area contributed by atoms with Crippen molar-refractivity contribution in [3.63, 3.8) is 0 Å². The molecule has 0 aliphatic rings. The van der Waals surface area contributed by atoms with E-state index in [0.29, 0.717) is 37.7 Å². The Hall–Kier alpha value is -12.8. The third kappa shape index (κ3) is 63.9. The van der Waals surface area contributed by atoms with Crippen molar-refractivity contribution in [2.75, 3.05) is 163 Å². The highest BCUT2D eigenvalue weighted by atomic mass is 16.6. The van der Waals surface area contributed by atoms with E-state index in [4.69, 9.17) is 66.3 Å². The first kappa shape index (κ1) is 123. The molecule has 5 rings (SSSR count). The molecule has 0 saturated heterocycles. The molecular formula is C104H152N12O29. The normalized spacial score (nSPS) is 12.0. The maximum Gasteiger partial charge on any atom is 0.408 e. The number of alkyl carbamates (subject to hydrolysis) is 3. The van der Waals surface area contributed by atoms with E-state index >= 15 is 0 Å². The van der Waals surface area contributed by atoms with Crippen LogP contribution >= 0.6 is 0 Å². The molecule has 1 unspecified atom stereocenters. The van der Waals surface area contributed by atoms with E-state index in [-0.39, 0.29) is 302 Å². The number of amides is 12. The van der Waals surface area contributed by atoms with Crippen LogP contribution in [0.25, 0.3) is 0 Å². The van der Waals surface area contributed by atoms with Gasteiger partial charge in [0.2, 0.25) is 53.2 Å². The number of carbonyl (C=O) groups is 15. The van der Waals surface area contributed by atoms with Crippen molar-refractivity contribution in [3.8, 4) is 5.75 Å². The van der Waals surface area contributed by atoms with Crippen LogP contribution < -0.4 is 68.5 Å². The molecule has 5 aromatic rings. The average Bonchev–Trinajstić information content (AvgIpc) is 0.831. The first-order chi connectivity index (χ1) is 69.8. The number of hydrogen-bond donors (Lipinski definition) is 12. The molecule has 0 aliphatic carbocycles. The van der Waals surface area contributed by atoms with Gasteiger partial charge in [0.05, 0.1) is 111 Å². The summed E-state index contributed by atoms with van der Waals surface area (Å²) in [7, 11) is 0. The first-order valence-corrected chi connectivity index (χ1v) is 49.6. The lowest BCUT2D eigenvalue weighted by Gasteiger charge is -2.32. The molecule has 4 atom stereocenters. The molecule has 41 heteroatoms. The van der Waals surface area contributed by atoms with Crippen molar-refractivity contribution in [2.45, 2.75) is 214 Å². The molecule has 12 amide bonds. The Morgan fingerprint density at radius 3 is 1.01 bits per heavy atom. The zero-order valence-corrected chi connectivity index (χ0v) is 85.0. The maximum atomic E-state index is 14.0. The number of carbonyl (C=O) groups excluding carboxylic acids is 15. The monoisotopic (exact) mass is 2030 g/mol. The highest BCUT2D eigenvalue weighted by Crippen LogP contribution is 2.32. The summed E-state index contributed by atoms with van der Waals surface area (Å²) >= 11 is 0. The van der Waals surface area contributed by atoms with Crippen molar-refractivity contribution in [1.82, 2.24) is 58.5 Å². The van der Waals surface area contributed by atoms with Gasteiger partial charge in [0, 0.05) is 96.9 Å². The minimum absolute atomic E-state index is 0.00144. The summed E-state index contributed by atoms with van der Waals surface area (Å²) in [4.78, 5) is 193. The van der Waals surface area contributed by atoms with Crippen LogP contribution in [0.15, 0.2) is 140 Å². The number of unbranched alkanes of at least 4 members (excludes halogenated alkanes) is 2. The quantitative estimate of drug-likeness (QED) is 0.00571. The van der Waals surface area contributed by atoms with Gasteiger partial charge >= 0.3 is 36.2 Å². The number of benzene rings is 5. The fourth-order valence-corrected chi connectivity index (χ4v) is 13.2. The van der Waals surface area contributed by atoms with E-state index in [0.717, 1.165) is 22.3 Å². The molecule has 0 saturated carbocycles. The zero-order chi connectivity index (χ0) is 105. The molecule has 0 spiro atoms. The van der Waals surface area contributed by atoms with Gasteiger partial charge in [0.15, 0.2) is 5.75 Å². The number of rotatable bonds is 77. The predicted octanol–water partition coefficient (Wildman–Crippen LogP) is 8.42. The molecule has 41 nitrogen and oxygen atoms in total. The molecule has 5 aromatic carbocycles. The van der Waals surface area contributed by atoms with Crippen LogP contribution in [0.5, 0.6) is 5.75 Å². The second-order valence-corrected chi connectivity index (χ2v) is 35.8. The van der Waals surface area contributed by atoms with Gasteiger partial charge in [-0.1, -0.05) is 155 Å². The summed E-state index contributed by atoms with van der Waals surface area (Å²) in [6.45, 7) is 18.4. The number of nitrogens with one attached hydrogen (secondary N) is 12. The fraction of sp³-hybridized carbons (Fsp3) is 0.567. The van der Waals surface area contributed by atoms with E-state index in [1.807, 2.05) is 72.8 Å². The highest BCUT2D eigenvalue weighted by molar-refractivity contribution is 5.95. The van der Waals surface area contributed by atoms with Crippen molar-refractivity contribution in [1.29, 1.82) is 0 Å². The van der Waals surface area contributed by atoms with Gasteiger partial charge in [0.1, 0.15) is 57.0 Å². The lowest BCUT2D eigenvalue weighted by atomic mass is 9.78. The Morgan fingerprint density at radius 1 is 0.303 bits per heavy atom. The maximum absolute atomic E-state index is 14.0. The van der Waals surface area contributed by atoms with E-state index in [9.17, 15) is 71.9 Å². The van der Waals surface area contributed by atoms with Crippen LogP contribution in [-0.2, 0) is 152 Å². The van der Waals surface area contributed by atoms with Gasteiger partial charge < -0.3 is 130 Å². The van der Waals surface area contributed by atoms with Gasteiger partial charge in [-0.05, 0) is 136 Å². The van der Waals surface area contributed by atoms with Crippen molar-refractivity contribution in [3.05, 3.63) is 167 Å². The SMILES string of the molecule is CC(C[C@H](Cc1ccc(OC(=O)CCCNC(=O)[C@H](CCCCNC(=O)CCOCCOCCNC(=O)CCOCCOCCNC(=O)CC(=O)OCc2ccccc2)NC(=O)OCc2ccccc2)c(NC(=O)CCCNC(=O)[C@H](CCCCNC(=O)CCOCCOCCNC(=O)CCOCCOCCNC(=O)CC(=O)OCc2ccccc2)NC(=O)OCc2ccccc2)c1)NC(=O)OC(C)(C)C)C(C)(C)C. The van der Waals surface area contributed by atoms with E-state index in [2.05, 4.69) is 91.5 Å². The average molecular weight is 2030 g/mol. The smallest absolute Gasteiger partial charge is 0.408 e. The lowest BCUT2D eigenvalue weighted by molar-refractivity contribution is -0.149. The van der Waals surface area contributed by atoms with Crippen LogP contribution in [0.2, 0.25) is 0 Å². The summed E-state index contributed by atoms with van der Waals surface area (Å²) in [5, 5.41) is 33.2. The van der Waals surface area contributed by atoms with Gasteiger partial charge in [-0.2, -0.15) is 0 Å². The Morgan fingerprint density at radius 2 is 0.641 bits per heavy atom. The third-order valence-corrected chi connectivity index (χ3v) is 21.5. The number of anilines is 1. The zero-order valence-electron chi connectivity index (χ0n) is 85.0. The van der Waals surface area contributed by atoms with Crippen molar-refractivity contribution < 1.29 is 138 Å². The Labute approximate surface area is 849 Å². The molecule has 0 fully saturated rings. The van der Waals surface area contributed by atoms with E-state index in [1.165, 1.54) is 6.07 Å². The van der Waals surface area contributed by atoms with E-state index < -0.39 is 102 Å². The minimum atomic E-state index is -1.07. The van der Waals surface area contributed by atoms with Crippen LogP contribution in [-0.4, -0.2) is 271 Å². The van der Waals surface area contributed by atoms with Crippen molar-refractivity contribution >= 4 is 95.0 Å². The van der Waals surface area contributed by atoms with Crippen molar-refractivity contribution in [2.24, 2.45) is 11.3 Å². The molecule has 0 bridgehead atoms. The topological polar surface area (TPSA) is 530 Å².